The van der Waals surface area contributed by atoms with Crippen LogP contribution in [-0.2, 0) is 10.0 Å². The third kappa shape index (κ3) is 4.44. The van der Waals surface area contributed by atoms with Gasteiger partial charge >= 0.3 is 0 Å². The van der Waals surface area contributed by atoms with Gasteiger partial charge in [-0.1, -0.05) is 0 Å². The average molecular weight is 441 g/mol. The highest BCUT2D eigenvalue weighted by Gasteiger charge is 2.17. The SMILES string of the molecule is CNS(=O)(=O)c1ccc(OC)c(Nc2ncnc3cc(OC)cc(OC)c23)c1.Cl. The number of sulfonamides is 1. The molecule has 0 spiro atoms. The van der Waals surface area contributed by atoms with E-state index < -0.39 is 10.0 Å². The Labute approximate surface area is 174 Å². The zero-order valence-electron chi connectivity index (χ0n) is 16.2. The molecule has 1 aromatic heterocycles. The smallest absolute Gasteiger partial charge is 0.240 e. The lowest BCUT2D eigenvalue weighted by molar-refractivity contribution is 0.398. The molecule has 9 nitrogen and oxygen atoms in total. The van der Waals surface area contributed by atoms with Crippen molar-refractivity contribution in [2.24, 2.45) is 0 Å². The summed E-state index contributed by atoms with van der Waals surface area (Å²) in [5, 5.41) is 3.75. The molecule has 0 saturated heterocycles. The van der Waals surface area contributed by atoms with Crippen molar-refractivity contribution in [3.63, 3.8) is 0 Å². The summed E-state index contributed by atoms with van der Waals surface area (Å²) in [6.45, 7) is 0. The Bertz CT molecular complexity index is 1120. The predicted octanol–water partition coefficient (Wildman–Crippen LogP) is 2.73. The van der Waals surface area contributed by atoms with Crippen molar-refractivity contribution >= 4 is 44.8 Å². The lowest BCUT2D eigenvalue weighted by Crippen LogP contribution is -2.18. The van der Waals surface area contributed by atoms with Gasteiger partial charge in [-0.25, -0.2) is 23.1 Å². The van der Waals surface area contributed by atoms with E-state index in [0.29, 0.717) is 39.7 Å². The van der Waals surface area contributed by atoms with Crippen LogP contribution >= 0.6 is 12.4 Å². The Balaban J connectivity index is 0.00000300. The first-order valence-electron chi connectivity index (χ1n) is 8.19. The van der Waals surface area contributed by atoms with Crippen LogP contribution in [0.3, 0.4) is 0 Å². The monoisotopic (exact) mass is 440 g/mol. The number of benzene rings is 2. The fraction of sp³-hybridized carbons (Fsp3) is 0.222. The average Bonchev–Trinajstić information content (AvgIpc) is 2.72. The van der Waals surface area contributed by atoms with Crippen molar-refractivity contribution in [2.75, 3.05) is 33.7 Å². The number of hydrogen-bond donors (Lipinski definition) is 2. The van der Waals surface area contributed by atoms with Crippen LogP contribution in [0.15, 0.2) is 41.6 Å². The lowest BCUT2D eigenvalue weighted by Gasteiger charge is -2.15. The highest BCUT2D eigenvalue weighted by Crippen LogP contribution is 2.37. The Morgan fingerprint density at radius 3 is 2.28 bits per heavy atom. The summed E-state index contributed by atoms with van der Waals surface area (Å²) >= 11 is 0. The zero-order chi connectivity index (χ0) is 20.3. The Kier molecular flexibility index (Phi) is 7.07. The van der Waals surface area contributed by atoms with E-state index in [0.717, 1.165) is 0 Å². The number of halogens is 1. The predicted molar refractivity (Wildman–Crippen MR) is 112 cm³/mol. The zero-order valence-corrected chi connectivity index (χ0v) is 17.8. The standard InChI is InChI=1S/C18H20N4O5S.ClH/c1-19-28(23,24)12-5-6-15(26-3)13(9-12)22-18-17-14(20-10-21-18)7-11(25-2)8-16(17)27-4;/h5-10,19H,1-4H3,(H,20,21,22);1H. The molecule has 0 aliphatic heterocycles. The second-order valence-corrected chi connectivity index (χ2v) is 7.53. The molecule has 0 aliphatic carbocycles. The van der Waals surface area contributed by atoms with Crippen molar-refractivity contribution in [1.29, 1.82) is 0 Å². The van der Waals surface area contributed by atoms with Crippen molar-refractivity contribution in [3.8, 4) is 17.2 Å². The van der Waals surface area contributed by atoms with Crippen LogP contribution in [0.25, 0.3) is 10.9 Å². The lowest BCUT2D eigenvalue weighted by atomic mass is 10.2. The molecule has 0 fully saturated rings. The van der Waals surface area contributed by atoms with Gasteiger partial charge < -0.3 is 19.5 Å². The molecule has 11 heteroatoms. The van der Waals surface area contributed by atoms with Crippen molar-refractivity contribution < 1.29 is 22.6 Å². The quantitative estimate of drug-likeness (QED) is 0.576. The molecular formula is C18H21ClN4O5S. The Hall–Kier alpha value is -2.82. The number of anilines is 2. The van der Waals surface area contributed by atoms with Crippen molar-refractivity contribution in [1.82, 2.24) is 14.7 Å². The molecule has 0 bridgehead atoms. The number of fused-ring (bicyclic) bond motifs is 1. The summed E-state index contributed by atoms with van der Waals surface area (Å²) in [4.78, 5) is 8.64. The number of rotatable bonds is 7. The van der Waals surface area contributed by atoms with E-state index in [1.807, 2.05) is 0 Å². The molecule has 0 radical (unpaired) electrons. The minimum Gasteiger partial charge on any atom is -0.497 e. The normalized spacial score (nSPS) is 10.9. The molecule has 0 saturated carbocycles. The van der Waals surface area contributed by atoms with Gasteiger partial charge in [0.15, 0.2) is 0 Å². The molecule has 0 unspecified atom stereocenters. The van der Waals surface area contributed by atoms with E-state index >= 15 is 0 Å². The molecule has 2 aromatic carbocycles. The van der Waals surface area contributed by atoms with Gasteiger partial charge in [-0.05, 0) is 25.2 Å². The van der Waals surface area contributed by atoms with Gasteiger partial charge in [-0.15, -0.1) is 12.4 Å². The minimum atomic E-state index is -3.62. The van der Waals surface area contributed by atoms with Crippen LogP contribution in [0.1, 0.15) is 0 Å². The fourth-order valence-electron chi connectivity index (χ4n) is 2.70. The number of aromatic nitrogens is 2. The molecule has 0 atom stereocenters. The third-order valence-corrected chi connectivity index (χ3v) is 5.55. The molecule has 29 heavy (non-hydrogen) atoms. The summed E-state index contributed by atoms with van der Waals surface area (Å²) in [7, 11) is 2.31. The second kappa shape index (κ2) is 9.12. The maximum atomic E-state index is 12.1. The maximum absolute atomic E-state index is 12.1. The number of nitrogens with one attached hydrogen (secondary N) is 2. The van der Waals surface area contributed by atoms with Gasteiger partial charge in [0.2, 0.25) is 10.0 Å². The van der Waals surface area contributed by atoms with E-state index in [-0.39, 0.29) is 17.3 Å². The van der Waals surface area contributed by atoms with E-state index in [1.54, 1.807) is 25.3 Å². The first-order valence-corrected chi connectivity index (χ1v) is 9.67. The van der Waals surface area contributed by atoms with E-state index in [1.165, 1.54) is 39.7 Å². The van der Waals surface area contributed by atoms with Crippen LogP contribution in [0.2, 0.25) is 0 Å². The third-order valence-electron chi connectivity index (χ3n) is 4.13. The number of methoxy groups -OCH3 is 3. The fourth-order valence-corrected chi connectivity index (χ4v) is 3.46. The first-order chi connectivity index (χ1) is 13.4. The molecule has 0 aliphatic rings. The molecule has 0 amide bonds. The number of nitrogens with zero attached hydrogens (tertiary/aromatic N) is 2. The summed E-state index contributed by atoms with van der Waals surface area (Å²) in [6.07, 6.45) is 1.39. The van der Waals surface area contributed by atoms with Crippen LogP contribution in [0, 0.1) is 0 Å². The van der Waals surface area contributed by atoms with Gasteiger partial charge in [0.1, 0.15) is 29.4 Å². The van der Waals surface area contributed by atoms with E-state index in [4.69, 9.17) is 14.2 Å². The van der Waals surface area contributed by atoms with Crippen LogP contribution in [0.5, 0.6) is 17.2 Å². The minimum absolute atomic E-state index is 0. The van der Waals surface area contributed by atoms with Crippen LogP contribution in [-0.4, -0.2) is 46.8 Å². The summed E-state index contributed by atoms with van der Waals surface area (Å²) in [5.74, 6) is 1.99. The summed E-state index contributed by atoms with van der Waals surface area (Å²) in [5.41, 5.74) is 1.03. The van der Waals surface area contributed by atoms with Gasteiger partial charge in [-0.3, -0.25) is 0 Å². The highest BCUT2D eigenvalue weighted by molar-refractivity contribution is 7.89. The van der Waals surface area contributed by atoms with E-state index in [9.17, 15) is 8.42 Å². The summed E-state index contributed by atoms with van der Waals surface area (Å²) < 4.78 is 42.7. The molecule has 3 rings (SSSR count). The molecule has 3 aromatic rings. The second-order valence-electron chi connectivity index (χ2n) is 5.64. The molecule has 156 valence electrons. The van der Waals surface area contributed by atoms with Gasteiger partial charge in [0.05, 0.1) is 42.8 Å². The molecular weight excluding hydrogens is 420 g/mol. The first kappa shape index (κ1) is 22.5. The van der Waals surface area contributed by atoms with Crippen molar-refractivity contribution in [2.45, 2.75) is 4.90 Å². The summed E-state index contributed by atoms with van der Waals surface area (Å²) in [6, 6.07) is 7.96. The topological polar surface area (TPSA) is 112 Å². The van der Waals surface area contributed by atoms with E-state index in [2.05, 4.69) is 20.0 Å². The van der Waals surface area contributed by atoms with Gasteiger partial charge in [0, 0.05) is 12.1 Å². The molecule has 1 heterocycles. The maximum Gasteiger partial charge on any atom is 0.240 e. The molecule has 2 N–H and O–H groups in total. The van der Waals surface area contributed by atoms with Crippen molar-refractivity contribution in [3.05, 3.63) is 36.7 Å². The highest BCUT2D eigenvalue weighted by atomic mass is 35.5. The van der Waals surface area contributed by atoms with Gasteiger partial charge in [0.25, 0.3) is 0 Å². The Morgan fingerprint density at radius 2 is 1.66 bits per heavy atom. The largest absolute Gasteiger partial charge is 0.497 e. The number of hydrogen-bond acceptors (Lipinski definition) is 8. The van der Waals surface area contributed by atoms with Crippen LogP contribution < -0.4 is 24.2 Å². The number of ether oxygens (including phenoxy) is 3. The van der Waals surface area contributed by atoms with Gasteiger partial charge in [-0.2, -0.15) is 0 Å². The Morgan fingerprint density at radius 1 is 0.931 bits per heavy atom. The van der Waals surface area contributed by atoms with Crippen LogP contribution in [0.4, 0.5) is 11.5 Å².